The van der Waals surface area contributed by atoms with Crippen LogP contribution in [0.4, 0.5) is 0 Å². The molecule has 1 aromatic rings. The highest BCUT2D eigenvalue weighted by molar-refractivity contribution is 9.10. The van der Waals surface area contributed by atoms with Gasteiger partial charge in [-0.2, -0.15) is 0 Å². The number of ether oxygens (including phenoxy) is 1. The predicted molar refractivity (Wildman–Crippen MR) is 64.9 cm³/mol. The normalized spacial score (nSPS) is 12.7. The van der Waals surface area contributed by atoms with Crippen LogP contribution in [0.3, 0.4) is 0 Å². The number of hydrogen-bond donors (Lipinski definition) is 1. The Hall–Kier alpha value is -1.13. The molecule has 0 aliphatic carbocycles. The molecule has 1 N–H and O–H groups in total. The van der Waals surface area contributed by atoms with Gasteiger partial charge in [0.2, 0.25) is 0 Å². The molecule has 0 heterocycles. The summed E-state index contributed by atoms with van der Waals surface area (Å²) in [5.41, 5.74) is 0.726. The summed E-state index contributed by atoms with van der Waals surface area (Å²) in [7, 11) is 0. The van der Waals surface area contributed by atoms with Crippen LogP contribution in [0.25, 0.3) is 0 Å². The Kier molecular flexibility index (Phi) is 5.22. The zero-order valence-electron chi connectivity index (χ0n) is 8.89. The van der Waals surface area contributed by atoms with E-state index in [1.807, 2.05) is 12.1 Å². The van der Waals surface area contributed by atoms with Crippen LogP contribution in [0, 0.1) is 0 Å². The first-order valence-electron chi connectivity index (χ1n) is 4.92. The minimum absolute atomic E-state index is 0.331. The van der Waals surface area contributed by atoms with Crippen LogP contribution in [0.15, 0.2) is 40.9 Å². The summed E-state index contributed by atoms with van der Waals surface area (Å²) in [6, 6.07) is 7.22. The third kappa shape index (κ3) is 4.16. The molecule has 0 spiro atoms. The number of carbonyl (C=O) groups excluding carboxylic acids is 1. The van der Waals surface area contributed by atoms with E-state index < -0.39 is 12.1 Å². The van der Waals surface area contributed by atoms with Gasteiger partial charge in [-0.05, 0) is 30.7 Å². The van der Waals surface area contributed by atoms with Gasteiger partial charge < -0.3 is 9.84 Å². The van der Waals surface area contributed by atoms with Gasteiger partial charge in [0.15, 0.2) is 0 Å². The highest BCUT2D eigenvalue weighted by Gasteiger charge is 2.03. The van der Waals surface area contributed by atoms with Gasteiger partial charge in [-0.25, -0.2) is 4.79 Å². The van der Waals surface area contributed by atoms with Crippen molar-refractivity contribution in [3.05, 3.63) is 46.5 Å². The molecule has 86 valence electrons. The Morgan fingerprint density at radius 1 is 1.50 bits per heavy atom. The molecular weight excluding hydrogens is 272 g/mol. The molecule has 0 bridgehead atoms. The molecule has 1 rings (SSSR count). The lowest BCUT2D eigenvalue weighted by Gasteiger charge is -2.05. The standard InChI is InChI=1S/C12H13BrO3/c1-2-16-12(15)8-7-11(14)9-3-5-10(13)6-4-9/h3-8,11,14H,2H2,1H3/b8-7+. The lowest BCUT2D eigenvalue weighted by molar-refractivity contribution is -0.137. The van der Waals surface area contributed by atoms with Gasteiger partial charge in [0, 0.05) is 10.5 Å². The van der Waals surface area contributed by atoms with Gasteiger partial charge in [0.05, 0.1) is 12.7 Å². The van der Waals surface area contributed by atoms with Crippen molar-refractivity contribution in [1.29, 1.82) is 0 Å². The van der Waals surface area contributed by atoms with Crippen molar-refractivity contribution in [2.45, 2.75) is 13.0 Å². The average molecular weight is 285 g/mol. The van der Waals surface area contributed by atoms with Crippen LogP contribution in [-0.2, 0) is 9.53 Å². The Balaban J connectivity index is 2.61. The molecule has 0 radical (unpaired) electrons. The van der Waals surface area contributed by atoms with E-state index in [0.29, 0.717) is 6.61 Å². The Morgan fingerprint density at radius 2 is 2.12 bits per heavy atom. The second-order valence-electron chi connectivity index (χ2n) is 3.11. The first kappa shape index (κ1) is 12.9. The number of rotatable bonds is 4. The van der Waals surface area contributed by atoms with Crippen molar-refractivity contribution in [1.82, 2.24) is 0 Å². The number of benzene rings is 1. The average Bonchev–Trinajstić information content (AvgIpc) is 2.27. The van der Waals surface area contributed by atoms with Crippen LogP contribution in [-0.4, -0.2) is 17.7 Å². The second-order valence-corrected chi connectivity index (χ2v) is 4.02. The zero-order valence-corrected chi connectivity index (χ0v) is 10.5. The van der Waals surface area contributed by atoms with Gasteiger partial charge in [-0.1, -0.05) is 28.1 Å². The van der Waals surface area contributed by atoms with Crippen LogP contribution < -0.4 is 0 Å². The molecule has 3 nitrogen and oxygen atoms in total. The summed E-state index contributed by atoms with van der Waals surface area (Å²) in [5.74, 6) is -0.446. The van der Waals surface area contributed by atoms with E-state index in [2.05, 4.69) is 15.9 Å². The fourth-order valence-corrected chi connectivity index (χ4v) is 1.40. The molecule has 4 heteroatoms. The maximum absolute atomic E-state index is 11.0. The van der Waals surface area contributed by atoms with E-state index in [4.69, 9.17) is 4.74 Å². The molecule has 0 saturated carbocycles. The monoisotopic (exact) mass is 284 g/mol. The fraction of sp³-hybridized carbons (Fsp3) is 0.250. The van der Waals surface area contributed by atoms with Crippen molar-refractivity contribution in [3.8, 4) is 0 Å². The summed E-state index contributed by atoms with van der Waals surface area (Å²) in [4.78, 5) is 11.0. The highest BCUT2D eigenvalue weighted by Crippen LogP contribution is 2.17. The summed E-state index contributed by atoms with van der Waals surface area (Å²) in [6.45, 7) is 2.06. The first-order valence-corrected chi connectivity index (χ1v) is 5.71. The smallest absolute Gasteiger partial charge is 0.330 e. The number of halogens is 1. The first-order chi connectivity index (χ1) is 7.63. The lowest BCUT2D eigenvalue weighted by Crippen LogP contribution is -2.01. The SMILES string of the molecule is CCOC(=O)/C=C/C(O)c1ccc(Br)cc1. The fourth-order valence-electron chi connectivity index (χ4n) is 1.13. The van der Waals surface area contributed by atoms with Gasteiger partial charge in [-0.3, -0.25) is 0 Å². The van der Waals surface area contributed by atoms with Crippen LogP contribution in [0.1, 0.15) is 18.6 Å². The van der Waals surface area contributed by atoms with Gasteiger partial charge >= 0.3 is 5.97 Å². The highest BCUT2D eigenvalue weighted by atomic mass is 79.9. The quantitative estimate of drug-likeness (QED) is 0.683. The summed E-state index contributed by atoms with van der Waals surface area (Å²) < 4.78 is 5.65. The van der Waals surface area contributed by atoms with Gasteiger partial charge in [0.25, 0.3) is 0 Å². The second kappa shape index (κ2) is 6.45. The molecular formula is C12H13BrO3. The van der Waals surface area contributed by atoms with Crippen molar-refractivity contribution < 1.29 is 14.6 Å². The summed E-state index contributed by atoms with van der Waals surface area (Å²) >= 11 is 3.30. The summed E-state index contributed by atoms with van der Waals surface area (Å²) in [6.07, 6.45) is 1.84. The molecule has 0 fully saturated rings. The number of aliphatic hydroxyl groups is 1. The minimum atomic E-state index is -0.794. The van der Waals surface area contributed by atoms with E-state index in [1.54, 1.807) is 19.1 Å². The lowest BCUT2D eigenvalue weighted by atomic mass is 10.1. The number of aliphatic hydroxyl groups excluding tert-OH is 1. The third-order valence-electron chi connectivity index (χ3n) is 1.91. The Labute approximate surface area is 103 Å². The van der Waals surface area contributed by atoms with E-state index in [9.17, 15) is 9.90 Å². The van der Waals surface area contributed by atoms with Crippen LogP contribution >= 0.6 is 15.9 Å². The van der Waals surface area contributed by atoms with Crippen LogP contribution in [0.5, 0.6) is 0 Å². The molecule has 0 aromatic heterocycles. The maximum atomic E-state index is 11.0. The van der Waals surface area contributed by atoms with Gasteiger partial charge in [-0.15, -0.1) is 0 Å². The zero-order chi connectivity index (χ0) is 12.0. The van der Waals surface area contributed by atoms with Crippen molar-refractivity contribution in [3.63, 3.8) is 0 Å². The summed E-state index contributed by atoms with van der Waals surface area (Å²) in [5, 5.41) is 9.72. The minimum Gasteiger partial charge on any atom is -0.463 e. The molecule has 0 amide bonds. The number of esters is 1. The van der Waals surface area contributed by atoms with Crippen LogP contribution in [0.2, 0.25) is 0 Å². The van der Waals surface area contributed by atoms with E-state index >= 15 is 0 Å². The predicted octanol–water partition coefficient (Wildman–Crippen LogP) is 2.60. The molecule has 0 saturated heterocycles. The molecule has 1 atom stereocenters. The Bertz CT molecular complexity index is 370. The number of carbonyl (C=O) groups is 1. The van der Waals surface area contributed by atoms with Crippen molar-refractivity contribution in [2.75, 3.05) is 6.61 Å². The van der Waals surface area contributed by atoms with E-state index in [-0.39, 0.29) is 0 Å². The van der Waals surface area contributed by atoms with E-state index in [1.165, 1.54) is 12.2 Å². The molecule has 0 aliphatic rings. The Morgan fingerprint density at radius 3 is 2.69 bits per heavy atom. The molecule has 16 heavy (non-hydrogen) atoms. The molecule has 0 aliphatic heterocycles. The maximum Gasteiger partial charge on any atom is 0.330 e. The third-order valence-corrected chi connectivity index (χ3v) is 2.44. The number of hydrogen-bond acceptors (Lipinski definition) is 3. The largest absolute Gasteiger partial charge is 0.463 e. The van der Waals surface area contributed by atoms with Crippen molar-refractivity contribution >= 4 is 21.9 Å². The van der Waals surface area contributed by atoms with E-state index in [0.717, 1.165) is 10.0 Å². The molecule has 1 unspecified atom stereocenters. The van der Waals surface area contributed by atoms with Gasteiger partial charge in [0.1, 0.15) is 0 Å². The topological polar surface area (TPSA) is 46.5 Å². The van der Waals surface area contributed by atoms with Crippen molar-refractivity contribution in [2.24, 2.45) is 0 Å². The molecule has 1 aromatic carbocycles.